The Morgan fingerprint density at radius 1 is 1.00 bits per heavy atom. The maximum absolute atomic E-state index is 13.6. The summed E-state index contributed by atoms with van der Waals surface area (Å²) >= 11 is 0. The van der Waals surface area contributed by atoms with Crippen LogP contribution in [0.15, 0.2) is 18.2 Å². The minimum Gasteiger partial charge on any atom is -0.343 e. The van der Waals surface area contributed by atoms with E-state index in [2.05, 4.69) is 61.0 Å². The Hall–Kier alpha value is -2.12. The predicted molar refractivity (Wildman–Crippen MR) is 127 cm³/mol. The van der Waals surface area contributed by atoms with Crippen LogP contribution in [0, 0.1) is 19.8 Å². The van der Waals surface area contributed by atoms with Crippen molar-refractivity contribution in [2.75, 3.05) is 31.6 Å². The second kappa shape index (κ2) is 9.40. The number of nitrogens with zero attached hydrogens (tertiary/aromatic N) is 4. The lowest BCUT2D eigenvalue weighted by atomic mass is 10.0. The van der Waals surface area contributed by atoms with Gasteiger partial charge >= 0.3 is 6.03 Å². The summed E-state index contributed by atoms with van der Waals surface area (Å²) in [5.41, 5.74) is 3.64. The van der Waals surface area contributed by atoms with Crippen LogP contribution < -0.4 is 10.2 Å². The molecule has 7 heteroatoms. The maximum Gasteiger partial charge on any atom is 0.327 e. The van der Waals surface area contributed by atoms with E-state index in [1.807, 2.05) is 7.05 Å². The lowest BCUT2D eigenvalue weighted by Gasteiger charge is -2.46. The zero-order chi connectivity index (χ0) is 23.0. The minimum atomic E-state index is -0.338. The fourth-order valence-electron chi connectivity index (χ4n) is 5.61. The fourth-order valence-corrected chi connectivity index (χ4v) is 5.61. The van der Waals surface area contributed by atoms with Crippen LogP contribution in [-0.2, 0) is 4.79 Å². The zero-order valence-electron chi connectivity index (χ0n) is 20.3. The largest absolute Gasteiger partial charge is 0.343 e. The van der Waals surface area contributed by atoms with Gasteiger partial charge in [0.05, 0.1) is 0 Å². The molecule has 0 radical (unpaired) electrons. The minimum absolute atomic E-state index is 0.0435. The molecule has 0 saturated carbocycles. The Morgan fingerprint density at radius 2 is 1.69 bits per heavy atom. The highest BCUT2D eigenvalue weighted by atomic mass is 16.2. The van der Waals surface area contributed by atoms with Crippen LogP contribution in [-0.4, -0.2) is 71.8 Å². The second-order valence-corrected chi connectivity index (χ2v) is 10.0. The Bertz CT molecular complexity index is 838. The van der Waals surface area contributed by atoms with Crippen molar-refractivity contribution in [2.24, 2.45) is 5.92 Å². The molecule has 176 valence electrons. The molecule has 1 aromatic rings. The number of unbranched alkanes of at least 4 members (excludes halogenated alkanes) is 4. The molecule has 3 saturated heterocycles. The van der Waals surface area contributed by atoms with Crippen LogP contribution in [0.2, 0.25) is 0 Å². The van der Waals surface area contributed by atoms with Crippen LogP contribution in [0.5, 0.6) is 0 Å². The molecule has 1 N–H and O–H groups in total. The molecule has 1 aromatic carbocycles. The first-order valence-corrected chi connectivity index (χ1v) is 12.3. The summed E-state index contributed by atoms with van der Waals surface area (Å²) < 4.78 is 0. The highest BCUT2D eigenvalue weighted by molar-refractivity contribution is 6.00. The molecule has 3 aliphatic heterocycles. The van der Waals surface area contributed by atoms with E-state index >= 15 is 0 Å². The number of nitrogens with one attached hydrogen (secondary N) is 1. The van der Waals surface area contributed by atoms with E-state index in [1.165, 1.54) is 34.6 Å². The third kappa shape index (κ3) is 4.25. The molecule has 4 rings (SSSR count). The SMILES string of the molecule is CCCCCCCN1C(=O)C2C(NC3N(c4cc(C)cc(C)c4)CC(C)CN23)N(C)C1=O. The summed E-state index contributed by atoms with van der Waals surface area (Å²) in [5.74, 6) is 0.379. The van der Waals surface area contributed by atoms with Gasteiger partial charge in [0.1, 0.15) is 18.5 Å². The summed E-state index contributed by atoms with van der Waals surface area (Å²) in [6.07, 6.45) is 5.10. The number of carbonyl (C=O) groups is 2. The summed E-state index contributed by atoms with van der Waals surface area (Å²) in [5, 5.41) is 3.63. The average molecular weight is 442 g/mol. The number of carbonyl (C=O) groups excluding carboxylic acids is 2. The van der Waals surface area contributed by atoms with Gasteiger partial charge in [0.2, 0.25) is 0 Å². The van der Waals surface area contributed by atoms with Crippen molar-refractivity contribution in [1.82, 2.24) is 20.0 Å². The van der Waals surface area contributed by atoms with Crippen molar-refractivity contribution in [3.8, 4) is 0 Å². The standard InChI is InChI=1S/C25H39N5O2/c1-6-7-8-9-10-11-28-23(31)21-22(27(5)25(28)32)26-24-29(15-19(4)16-30(21)24)20-13-17(2)12-18(3)14-20/h12-14,19,21-22,24,26H,6-11,15-16H2,1-5H3. The second-order valence-electron chi connectivity index (χ2n) is 10.0. The van der Waals surface area contributed by atoms with Gasteiger partial charge in [-0.25, -0.2) is 4.79 Å². The molecule has 0 bridgehead atoms. The van der Waals surface area contributed by atoms with Gasteiger partial charge in [-0.15, -0.1) is 0 Å². The monoisotopic (exact) mass is 441 g/mol. The lowest BCUT2D eigenvalue weighted by Crippen LogP contribution is -2.66. The summed E-state index contributed by atoms with van der Waals surface area (Å²) in [4.78, 5) is 34.5. The van der Waals surface area contributed by atoms with E-state index in [0.29, 0.717) is 12.5 Å². The number of anilines is 1. The molecule has 7 nitrogen and oxygen atoms in total. The molecule has 3 heterocycles. The number of imide groups is 1. The molecule has 4 atom stereocenters. The first kappa shape index (κ1) is 23.1. The molecule has 3 aliphatic rings. The molecule has 32 heavy (non-hydrogen) atoms. The maximum atomic E-state index is 13.6. The van der Waals surface area contributed by atoms with Crippen LogP contribution in [0.4, 0.5) is 10.5 Å². The number of rotatable bonds is 7. The van der Waals surface area contributed by atoms with Gasteiger partial charge in [-0.2, -0.15) is 0 Å². The van der Waals surface area contributed by atoms with Crippen LogP contribution in [0.1, 0.15) is 57.1 Å². The van der Waals surface area contributed by atoms with Gasteiger partial charge in [0.25, 0.3) is 5.91 Å². The summed E-state index contributed by atoms with van der Waals surface area (Å²) in [6, 6.07) is 6.10. The lowest BCUT2D eigenvalue weighted by molar-refractivity contribution is -0.138. The molecule has 0 aromatic heterocycles. The van der Waals surface area contributed by atoms with Gasteiger partial charge in [0.15, 0.2) is 0 Å². The average Bonchev–Trinajstić information content (AvgIpc) is 3.12. The number of amides is 3. The number of hydrogen-bond acceptors (Lipinski definition) is 5. The van der Waals surface area contributed by atoms with E-state index < -0.39 is 0 Å². The zero-order valence-corrected chi connectivity index (χ0v) is 20.3. The molecule has 0 spiro atoms. The van der Waals surface area contributed by atoms with Crippen molar-refractivity contribution < 1.29 is 9.59 Å². The predicted octanol–water partition coefficient (Wildman–Crippen LogP) is 3.51. The highest BCUT2D eigenvalue weighted by Gasteiger charge is 2.56. The molecular weight excluding hydrogens is 402 g/mol. The van der Waals surface area contributed by atoms with Crippen molar-refractivity contribution in [2.45, 2.75) is 78.3 Å². The number of aryl methyl sites for hydroxylation is 2. The third-order valence-electron chi connectivity index (χ3n) is 7.11. The Morgan fingerprint density at radius 3 is 2.38 bits per heavy atom. The van der Waals surface area contributed by atoms with E-state index in [0.717, 1.165) is 32.4 Å². The molecule has 3 fully saturated rings. The number of urea groups is 1. The van der Waals surface area contributed by atoms with Crippen molar-refractivity contribution in [1.29, 1.82) is 0 Å². The van der Waals surface area contributed by atoms with Crippen LogP contribution in [0.3, 0.4) is 0 Å². The highest BCUT2D eigenvalue weighted by Crippen LogP contribution is 2.35. The first-order valence-electron chi connectivity index (χ1n) is 12.3. The quantitative estimate of drug-likeness (QED) is 0.656. The van der Waals surface area contributed by atoms with Gasteiger partial charge in [-0.05, 0) is 49.4 Å². The number of benzene rings is 1. The first-order chi connectivity index (χ1) is 15.3. The summed E-state index contributed by atoms with van der Waals surface area (Å²) in [7, 11) is 1.83. The summed E-state index contributed by atoms with van der Waals surface area (Å²) in [6.45, 7) is 11.0. The van der Waals surface area contributed by atoms with Crippen LogP contribution >= 0.6 is 0 Å². The van der Waals surface area contributed by atoms with Gasteiger partial charge in [-0.1, -0.05) is 45.6 Å². The fraction of sp³-hybridized carbons (Fsp3) is 0.680. The van der Waals surface area contributed by atoms with E-state index in [1.54, 1.807) is 4.90 Å². The number of fused-ring (bicyclic) bond motifs is 3. The van der Waals surface area contributed by atoms with Gasteiger partial charge in [-0.3, -0.25) is 19.9 Å². The van der Waals surface area contributed by atoms with E-state index in [4.69, 9.17) is 0 Å². The Kier molecular flexibility index (Phi) is 6.77. The van der Waals surface area contributed by atoms with E-state index in [-0.39, 0.29) is 30.4 Å². The molecular formula is C25H39N5O2. The Balaban J connectivity index is 1.56. The van der Waals surface area contributed by atoms with Crippen molar-refractivity contribution in [3.63, 3.8) is 0 Å². The Labute approximate surface area is 192 Å². The normalized spacial score (nSPS) is 28.3. The number of likely N-dealkylation sites (N-methyl/N-ethyl adjacent to an activating group) is 1. The topological polar surface area (TPSA) is 59.1 Å². The molecule has 4 unspecified atom stereocenters. The van der Waals surface area contributed by atoms with Crippen LogP contribution in [0.25, 0.3) is 0 Å². The third-order valence-corrected chi connectivity index (χ3v) is 7.11. The molecule has 3 amide bonds. The van der Waals surface area contributed by atoms with Gasteiger partial charge in [0, 0.05) is 32.4 Å². The molecule has 0 aliphatic carbocycles. The smallest absolute Gasteiger partial charge is 0.327 e. The number of hydrogen-bond donors (Lipinski definition) is 1. The van der Waals surface area contributed by atoms with Crippen molar-refractivity contribution in [3.05, 3.63) is 29.3 Å². The van der Waals surface area contributed by atoms with Crippen molar-refractivity contribution >= 4 is 17.6 Å². The van der Waals surface area contributed by atoms with E-state index in [9.17, 15) is 9.59 Å². The van der Waals surface area contributed by atoms with Gasteiger partial charge < -0.3 is 9.80 Å².